The van der Waals surface area contributed by atoms with E-state index in [1.165, 1.54) is 0 Å². The monoisotopic (exact) mass is 362 g/mol. The van der Waals surface area contributed by atoms with Crippen LogP contribution >= 0.6 is 15.9 Å². The van der Waals surface area contributed by atoms with Crippen LogP contribution in [0.1, 0.15) is 31.7 Å². The van der Waals surface area contributed by atoms with Crippen LogP contribution in [0.2, 0.25) is 0 Å². The summed E-state index contributed by atoms with van der Waals surface area (Å²) in [6.07, 6.45) is 2.63. The molecule has 0 bridgehead atoms. The van der Waals surface area contributed by atoms with Gasteiger partial charge in [-0.15, -0.1) is 0 Å². The molecule has 4 nitrogen and oxygen atoms in total. The molecule has 6 heteroatoms. The molecule has 0 fully saturated rings. The first kappa shape index (κ1) is 17.5. The number of nitrogens with one attached hydrogen (secondary N) is 2. The minimum atomic E-state index is -3.27. The van der Waals surface area contributed by atoms with E-state index in [2.05, 4.69) is 32.9 Å². The topological polar surface area (TPSA) is 58.2 Å². The zero-order chi connectivity index (χ0) is 15.0. The van der Waals surface area contributed by atoms with Crippen molar-refractivity contribution in [3.05, 3.63) is 28.2 Å². The highest BCUT2D eigenvalue weighted by Crippen LogP contribution is 2.24. The van der Waals surface area contributed by atoms with Crippen molar-refractivity contribution in [2.24, 2.45) is 0 Å². The van der Waals surface area contributed by atoms with E-state index in [1.807, 2.05) is 19.1 Å². The largest absolute Gasteiger partial charge is 0.317 e. The van der Waals surface area contributed by atoms with Crippen molar-refractivity contribution in [3.63, 3.8) is 0 Å². The Morgan fingerprint density at radius 2 is 1.95 bits per heavy atom. The molecule has 0 saturated carbocycles. The Morgan fingerprint density at radius 3 is 2.60 bits per heavy atom. The second kappa shape index (κ2) is 8.64. The molecule has 0 spiro atoms. The second-order valence-electron chi connectivity index (χ2n) is 4.86. The number of halogens is 1. The molecule has 0 heterocycles. The van der Waals surface area contributed by atoms with E-state index >= 15 is 0 Å². The lowest BCUT2D eigenvalue weighted by atomic mass is 10.2. The van der Waals surface area contributed by atoms with Crippen molar-refractivity contribution in [1.82, 2.24) is 5.32 Å². The lowest BCUT2D eigenvalue weighted by molar-refractivity contribution is 0.590. The molecular formula is C14H23BrN2O2S. The minimum absolute atomic E-state index is 0.154. The number of rotatable bonds is 9. The molecule has 0 radical (unpaired) electrons. The molecule has 0 aliphatic carbocycles. The van der Waals surface area contributed by atoms with Crippen molar-refractivity contribution in [1.29, 1.82) is 0 Å². The van der Waals surface area contributed by atoms with Crippen LogP contribution in [0.25, 0.3) is 0 Å². The Labute approximate surface area is 130 Å². The molecule has 1 aromatic rings. The van der Waals surface area contributed by atoms with Gasteiger partial charge in [0.15, 0.2) is 0 Å². The average Bonchev–Trinajstić information content (AvgIpc) is 2.37. The second-order valence-corrected chi connectivity index (χ2v) is 7.56. The lowest BCUT2D eigenvalue weighted by Crippen LogP contribution is -2.20. The van der Waals surface area contributed by atoms with Gasteiger partial charge in [-0.25, -0.2) is 8.42 Å². The molecule has 2 N–H and O–H groups in total. The quantitative estimate of drug-likeness (QED) is 0.662. The zero-order valence-electron chi connectivity index (χ0n) is 12.1. The maximum Gasteiger partial charge on any atom is 0.232 e. The first-order chi connectivity index (χ1) is 9.44. The highest BCUT2D eigenvalue weighted by Gasteiger charge is 2.11. The summed E-state index contributed by atoms with van der Waals surface area (Å²) in [5, 5.41) is 3.26. The molecular weight excluding hydrogens is 340 g/mol. The third-order valence-corrected chi connectivity index (χ3v) is 4.85. The summed E-state index contributed by atoms with van der Waals surface area (Å²) in [6.45, 7) is 5.94. The van der Waals surface area contributed by atoms with E-state index in [-0.39, 0.29) is 5.75 Å². The summed E-state index contributed by atoms with van der Waals surface area (Å²) in [7, 11) is -3.27. The Balaban J connectivity index is 2.41. The third kappa shape index (κ3) is 6.72. The van der Waals surface area contributed by atoms with Gasteiger partial charge in [-0.1, -0.05) is 13.0 Å². The van der Waals surface area contributed by atoms with Crippen molar-refractivity contribution in [2.75, 3.05) is 23.6 Å². The molecule has 0 atom stereocenters. The summed E-state index contributed by atoms with van der Waals surface area (Å²) in [5.41, 5.74) is 1.68. The fourth-order valence-corrected chi connectivity index (χ4v) is 3.69. The van der Waals surface area contributed by atoms with Gasteiger partial charge in [-0.05, 0) is 72.9 Å². The van der Waals surface area contributed by atoms with Gasteiger partial charge >= 0.3 is 0 Å². The molecule has 0 amide bonds. The van der Waals surface area contributed by atoms with E-state index in [4.69, 9.17) is 0 Å². The van der Waals surface area contributed by atoms with Gasteiger partial charge in [0.05, 0.1) is 11.4 Å². The van der Waals surface area contributed by atoms with E-state index in [9.17, 15) is 8.42 Å². The van der Waals surface area contributed by atoms with Crippen LogP contribution in [-0.2, 0) is 10.0 Å². The van der Waals surface area contributed by atoms with Gasteiger partial charge < -0.3 is 5.32 Å². The Bertz CT molecular complexity index is 518. The van der Waals surface area contributed by atoms with Crippen molar-refractivity contribution in [3.8, 4) is 0 Å². The number of hydrogen-bond acceptors (Lipinski definition) is 3. The fourth-order valence-electron chi connectivity index (χ4n) is 1.77. The minimum Gasteiger partial charge on any atom is -0.317 e. The van der Waals surface area contributed by atoms with Gasteiger partial charge in [0, 0.05) is 4.47 Å². The van der Waals surface area contributed by atoms with E-state index < -0.39 is 10.0 Å². The number of unbranched alkanes of at least 4 members (excludes halogenated alkanes) is 1. The number of anilines is 1. The van der Waals surface area contributed by atoms with Crippen LogP contribution in [0.15, 0.2) is 22.7 Å². The highest BCUT2D eigenvalue weighted by molar-refractivity contribution is 9.10. The first-order valence-corrected chi connectivity index (χ1v) is 9.36. The number of hydrogen-bond donors (Lipinski definition) is 2. The summed E-state index contributed by atoms with van der Waals surface area (Å²) < 4.78 is 27.3. The molecule has 0 aliphatic heterocycles. The summed E-state index contributed by atoms with van der Waals surface area (Å²) in [6, 6.07) is 5.56. The number of benzene rings is 1. The van der Waals surface area contributed by atoms with Crippen molar-refractivity contribution >= 4 is 31.6 Å². The Hall–Kier alpha value is -0.590. The lowest BCUT2D eigenvalue weighted by Gasteiger charge is -2.10. The predicted molar refractivity (Wildman–Crippen MR) is 88.7 cm³/mol. The van der Waals surface area contributed by atoms with Crippen molar-refractivity contribution < 1.29 is 8.42 Å². The molecule has 0 aromatic heterocycles. The number of aryl methyl sites for hydroxylation is 1. The van der Waals surface area contributed by atoms with Gasteiger partial charge in [0.25, 0.3) is 0 Å². The van der Waals surface area contributed by atoms with Crippen LogP contribution in [0, 0.1) is 6.92 Å². The fraction of sp³-hybridized carbons (Fsp3) is 0.571. The molecule has 1 rings (SSSR count). The maximum absolute atomic E-state index is 12.0. The molecule has 20 heavy (non-hydrogen) atoms. The third-order valence-electron chi connectivity index (χ3n) is 2.83. The highest BCUT2D eigenvalue weighted by atomic mass is 79.9. The molecule has 0 unspecified atom stereocenters. The van der Waals surface area contributed by atoms with E-state index in [0.29, 0.717) is 12.1 Å². The first-order valence-electron chi connectivity index (χ1n) is 6.92. The Kier molecular flexibility index (Phi) is 7.55. The number of sulfonamides is 1. The van der Waals surface area contributed by atoms with Gasteiger partial charge in [-0.3, -0.25) is 4.72 Å². The maximum atomic E-state index is 12.0. The van der Waals surface area contributed by atoms with Gasteiger partial charge in [-0.2, -0.15) is 0 Å². The average molecular weight is 363 g/mol. The smallest absolute Gasteiger partial charge is 0.232 e. The van der Waals surface area contributed by atoms with E-state index in [1.54, 1.807) is 6.07 Å². The summed E-state index contributed by atoms with van der Waals surface area (Å²) in [5.74, 6) is 0.154. The Morgan fingerprint density at radius 1 is 1.20 bits per heavy atom. The summed E-state index contributed by atoms with van der Waals surface area (Å²) >= 11 is 3.37. The van der Waals surface area contributed by atoms with Crippen LogP contribution in [0.3, 0.4) is 0 Å². The van der Waals surface area contributed by atoms with E-state index in [0.717, 1.165) is 36.0 Å². The predicted octanol–water partition coefficient (Wildman–Crippen LogP) is 3.28. The van der Waals surface area contributed by atoms with Crippen LogP contribution in [0.4, 0.5) is 5.69 Å². The SMILES string of the molecule is CCCNCCCCS(=O)(=O)Nc1ccc(C)cc1Br. The standard InChI is InChI=1S/C14H23BrN2O2S/c1-3-8-16-9-4-5-10-20(18,19)17-14-7-6-12(2)11-13(14)15/h6-7,11,16-17H,3-5,8-10H2,1-2H3. The van der Waals surface area contributed by atoms with Gasteiger partial charge in [0.1, 0.15) is 0 Å². The van der Waals surface area contributed by atoms with Crippen LogP contribution in [0.5, 0.6) is 0 Å². The summed E-state index contributed by atoms with van der Waals surface area (Å²) in [4.78, 5) is 0. The van der Waals surface area contributed by atoms with Crippen LogP contribution in [-0.4, -0.2) is 27.3 Å². The zero-order valence-corrected chi connectivity index (χ0v) is 14.5. The molecule has 114 valence electrons. The molecule has 0 aliphatic rings. The van der Waals surface area contributed by atoms with Gasteiger partial charge in [0.2, 0.25) is 10.0 Å². The van der Waals surface area contributed by atoms with Crippen LogP contribution < -0.4 is 10.0 Å². The normalized spacial score (nSPS) is 11.6. The van der Waals surface area contributed by atoms with Crippen molar-refractivity contribution in [2.45, 2.75) is 33.1 Å². The molecule has 1 aromatic carbocycles. The molecule has 0 saturated heterocycles.